The number of allylic oxidation sites excluding steroid dienone is 1. The van der Waals surface area contributed by atoms with Crippen molar-refractivity contribution in [2.45, 2.75) is 68.1 Å². The van der Waals surface area contributed by atoms with E-state index in [1.54, 1.807) is 22.0 Å². The molecule has 3 unspecified atom stereocenters. The molecule has 0 aliphatic carbocycles. The van der Waals surface area contributed by atoms with Crippen LogP contribution in [-0.2, 0) is 28.6 Å². The third-order valence-electron chi connectivity index (χ3n) is 9.33. The van der Waals surface area contributed by atoms with Crippen molar-refractivity contribution in [2.75, 3.05) is 59.2 Å². The highest BCUT2D eigenvalue weighted by Crippen LogP contribution is 2.61. The zero-order valence-electron chi connectivity index (χ0n) is 24.4. The number of hydrogen-bond donors (Lipinski definition) is 1. The van der Waals surface area contributed by atoms with Crippen LogP contribution in [0.1, 0.15) is 39.5 Å². The van der Waals surface area contributed by atoms with Gasteiger partial charge in [0.05, 0.1) is 50.4 Å². The van der Waals surface area contributed by atoms with Crippen LogP contribution in [0.4, 0.5) is 0 Å². The summed E-state index contributed by atoms with van der Waals surface area (Å²) in [5.74, 6) is -2.79. The number of rotatable bonds is 15. The van der Waals surface area contributed by atoms with Crippen LogP contribution in [0.25, 0.3) is 0 Å². The number of likely N-dealkylation sites (tertiary alicyclic amines) is 1. The van der Waals surface area contributed by atoms with Crippen molar-refractivity contribution in [1.29, 1.82) is 0 Å². The molecule has 8 atom stereocenters. The second-order valence-electron chi connectivity index (χ2n) is 11.7. The first-order valence-electron chi connectivity index (χ1n) is 15.0. The van der Waals surface area contributed by atoms with E-state index in [9.17, 15) is 19.5 Å². The number of carbonyl (C=O) groups is 3. The molecule has 1 spiro atoms. The summed E-state index contributed by atoms with van der Waals surface area (Å²) in [7, 11) is 0. The summed E-state index contributed by atoms with van der Waals surface area (Å²) >= 11 is 3.71. The Morgan fingerprint density at radius 1 is 1.29 bits per heavy atom. The summed E-state index contributed by atoms with van der Waals surface area (Å²) in [6.07, 6.45) is 5.35. The second kappa shape index (κ2) is 14.1. The van der Waals surface area contributed by atoms with E-state index in [0.29, 0.717) is 58.5 Å². The lowest BCUT2D eigenvalue weighted by Crippen LogP contribution is -2.60. The SMILES string of the molecule is C=CCCCOC(=O)[C@H]1[C@@H]2OC3(CC2Br)C(C(=O)N(CC=C)CCN2CCOCC2)N([C@@H](CO)[C@@H](C)CC)C(=O)[C@H]13. The van der Waals surface area contributed by atoms with Gasteiger partial charge in [-0.25, -0.2) is 0 Å². The Morgan fingerprint density at radius 3 is 2.66 bits per heavy atom. The minimum Gasteiger partial charge on any atom is -0.465 e. The Labute approximate surface area is 252 Å². The molecule has 4 aliphatic heterocycles. The van der Waals surface area contributed by atoms with Gasteiger partial charge in [0.25, 0.3) is 0 Å². The number of ether oxygens (including phenoxy) is 3. The molecule has 4 aliphatic rings. The highest BCUT2D eigenvalue weighted by atomic mass is 79.9. The molecule has 0 aromatic heterocycles. The molecule has 0 aromatic rings. The van der Waals surface area contributed by atoms with E-state index in [1.807, 2.05) is 13.8 Å². The van der Waals surface area contributed by atoms with Crippen molar-refractivity contribution < 1.29 is 33.7 Å². The topological polar surface area (TPSA) is 109 Å². The predicted octanol–water partition coefficient (Wildman–Crippen LogP) is 2.00. The molecule has 11 heteroatoms. The molecule has 1 N–H and O–H groups in total. The van der Waals surface area contributed by atoms with Gasteiger partial charge in [0, 0.05) is 37.6 Å². The molecular weight excluding hydrogens is 594 g/mol. The van der Waals surface area contributed by atoms with Crippen LogP contribution in [0.5, 0.6) is 0 Å². The fraction of sp³-hybridized carbons (Fsp3) is 0.767. The number of fused-ring (bicyclic) bond motifs is 1. The smallest absolute Gasteiger partial charge is 0.312 e. The molecule has 4 heterocycles. The van der Waals surface area contributed by atoms with Gasteiger partial charge in [0.15, 0.2) is 0 Å². The lowest BCUT2D eigenvalue weighted by Gasteiger charge is -2.41. The maximum absolute atomic E-state index is 14.6. The van der Waals surface area contributed by atoms with Crippen molar-refractivity contribution in [1.82, 2.24) is 14.7 Å². The molecule has 0 aromatic carbocycles. The highest BCUT2D eigenvalue weighted by molar-refractivity contribution is 9.09. The summed E-state index contributed by atoms with van der Waals surface area (Å²) in [5, 5.41) is 10.5. The summed E-state index contributed by atoms with van der Waals surface area (Å²) < 4.78 is 17.7. The number of morpholine rings is 1. The number of amides is 2. The Hall–Kier alpha value is -1.79. The number of halogens is 1. The molecule has 230 valence electrons. The minimum atomic E-state index is -1.20. The van der Waals surface area contributed by atoms with E-state index in [4.69, 9.17) is 14.2 Å². The maximum Gasteiger partial charge on any atom is 0.312 e. The van der Waals surface area contributed by atoms with Crippen LogP contribution < -0.4 is 0 Å². The third-order valence-corrected chi connectivity index (χ3v) is 10.2. The Morgan fingerprint density at radius 2 is 2.02 bits per heavy atom. The van der Waals surface area contributed by atoms with Crippen LogP contribution >= 0.6 is 15.9 Å². The van der Waals surface area contributed by atoms with Crippen molar-refractivity contribution in [2.24, 2.45) is 17.8 Å². The fourth-order valence-electron chi connectivity index (χ4n) is 6.99. The zero-order chi connectivity index (χ0) is 29.7. The summed E-state index contributed by atoms with van der Waals surface area (Å²) in [6.45, 7) is 15.8. The predicted molar refractivity (Wildman–Crippen MR) is 157 cm³/mol. The van der Waals surface area contributed by atoms with Crippen LogP contribution in [-0.4, -0.2) is 125 Å². The van der Waals surface area contributed by atoms with E-state index >= 15 is 0 Å². The van der Waals surface area contributed by atoms with Crippen LogP contribution in [0, 0.1) is 17.8 Å². The van der Waals surface area contributed by atoms with Crippen molar-refractivity contribution in [3.05, 3.63) is 25.3 Å². The minimum absolute atomic E-state index is 0.0723. The quantitative estimate of drug-likeness (QED) is 0.125. The number of aliphatic hydroxyl groups is 1. The summed E-state index contributed by atoms with van der Waals surface area (Å²) in [6, 6.07) is -1.56. The molecular formula is C30H46BrN3O7. The number of alkyl halides is 1. The van der Waals surface area contributed by atoms with Gasteiger partial charge < -0.3 is 29.1 Å². The summed E-state index contributed by atoms with van der Waals surface area (Å²) in [5.41, 5.74) is -1.20. The molecule has 41 heavy (non-hydrogen) atoms. The number of aliphatic hydroxyl groups excluding tert-OH is 1. The largest absolute Gasteiger partial charge is 0.465 e. The standard InChI is InChI=1S/C30H46BrN3O7/c1-5-8-9-15-40-29(38)23-24-27(36)34(22(19-35)20(4)7-3)26(30(24)18-21(31)25(23)41-30)28(37)33(10-6-2)12-11-32-13-16-39-17-14-32/h5-6,20-26,35H,1-2,7-19H2,3-4H3/t20-,21?,22-,23+,24-,25+,26?,30?/m0/s1. The van der Waals surface area contributed by atoms with Gasteiger partial charge in [-0.3, -0.25) is 19.3 Å². The monoisotopic (exact) mass is 639 g/mol. The van der Waals surface area contributed by atoms with E-state index < -0.39 is 41.6 Å². The molecule has 4 rings (SSSR count). The lowest BCUT2D eigenvalue weighted by molar-refractivity contribution is -0.157. The lowest BCUT2D eigenvalue weighted by atomic mass is 9.70. The number of nitrogens with zero attached hydrogens (tertiary/aromatic N) is 3. The fourth-order valence-corrected chi connectivity index (χ4v) is 7.93. The average Bonchev–Trinajstić information content (AvgIpc) is 3.57. The van der Waals surface area contributed by atoms with Gasteiger partial charge in [-0.05, 0) is 25.2 Å². The van der Waals surface area contributed by atoms with Crippen molar-refractivity contribution in [3.8, 4) is 0 Å². The van der Waals surface area contributed by atoms with E-state index in [1.165, 1.54) is 0 Å². The van der Waals surface area contributed by atoms with Crippen LogP contribution in [0.2, 0.25) is 0 Å². The number of carbonyl (C=O) groups excluding carboxylic acids is 3. The third kappa shape index (κ3) is 6.16. The van der Waals surface area contributed by atoms with Crippen molar-refractivity contribution in [3.63, 3.8) is 0 Å². The summed E-state index contributed by atoms with van der Waals surface area (Å²) in [4.78, 5) is 47.8. The first kappa shape index (κ1) is 32.1. The maximum atomic E-state index is 14.6. The molecule has 0 saturated carbocycles. The Balaban J connectivity index is 1.68. The van der Waals surface area contributed by atoms with Gasteiger partial charge >= 0.3 is 5.97 Å². The molecule has 2 bridgehead atoms. The van der Waals surface area contributed by atoms with Gasteiger partial charge in [-0.15, -0.1) is 13.2 Å². The Kier molecular flexibility index (Phi) is 11.1. The van der Waals surface area contributed by atoms with Gasteiger partial charge in [0.2, 0.25) is 11.8 Å². The zero-order valence-corrected chi connectivity index (χ0v) is 26.0. The normalized spacial score (nSPS) is 32.4. The first-order chi connectivity index (χ1) is 19.7. The molecule has 4 fully saturated rings. The molecule has 2 amide bonds. The van der Waals surface area contributed by atoms with Crippen LogP contribution in [0.3, 0.4) is 0 Å². The van der Waals surface area contributed by atoms with E-state index in [-0.39, 0.29) is 35.8 Å². The highest BCUT2D eigenvalue weighted by Gasteiger charge is 2.77. The van der Waals surface area contributed by atoms with E-state index in [0.717, 1.165) is 13.1 Å². The van der Waals surface area contributed by atoms with Crippen LogP contribution in [0.15, 0.2) is 25.3 Å². The molecule has 10 nitrogen and oxygen atoms in total. The van der Waals surface area contributed by atoms with Crippen molar-refractivity contribution >= 4 is 33.7 Å². The van der Waals surface area contributed by atoms with E-state index in [2.05, 4.69) is 34.0 Å². The number of esters is 1. The molecule has 0 radical (unpaired) electrons. The average molecular weight is 641 g/mol. The number of hydrogen-bond acceptors (Lipinski definition) is 8. The first-order valence-corrected chi connectivity index (χ1v) is 15.9. The van der Waals surface area contributed by atoms with Gasteiger partial charge in [-0.1, -0.05) is 48.4 Å². The second-order valence-corrected chi connectivity index (χ2v) is 12.8. The Bertz CT molecular complexity index is 976. The van der Waals surface area contributed by atoms with Gasteiger partial charge in [0.1, 0.15) is 11.6 Å². The molecule has 4 saturated heterocycles. The van der Waals surface area contributed by atoms with Gasteiger partial charge in [-0.2, -0.15) is 0 Å². The number of unbranched alkanes of at least 4 members (excludes halogenated alkanes) is 1.